The summed E-state index contributed by atoms with van der Waals surface area (Å²) in [7, 11) is 0. The molecule has 0 aromatic heterocycles. The molecule has 1 aromatic carbocycles. The van der Waals surface area contributed by atoms with E-state index in [4.69, 9.17) is 0 Å². The van der Waals surface area contributed by atoms with Gasteiger partial charge in [-0.2, -0.15) is 0 Å². The van der Waals surface area contributed by atoms with Gasteiger partial charge in [-0.15, -0.1) is 0 Å². The van der Waals surface area contributed by atoms with Crippen molar-refractivity contribution < 1.29 is 4.92 Å². The van der Waals surface area contributed by atoms with Gasteiger partial charge in [0.05, 0.1) is 4.92 Å². The highest BCUT2D eigenvalue weighted by Crippen LogP contribution is 2.38. The summed E-state index contributed by atoms with van der Waals surface area (Å²) in [5, 5.41) is 14.6. The maximum atomic E-state index is 11.4. The van der Waals surface area contributed by atoms with Crippen molar-refractivity contribution in [2.45, 2.75) is 39.2 Å². The van der Waals surface area contributed by atoms with Crippen molar-refractivity contribution in [2.75, 3.05) is 23.3 Å². The normalized spacial score (nSPS) is 18.6. The van der Waals surface area contributed by atoms with Gasteiger partial charge in [0.25, 0.3) is 0 Å². The van der Waals surface area contributed by atoms with E-state index in [-0.39, 0.29) is 10.6 Å². The molecule has 0 aliphatic carbocycles. The molecule has 1 aromatic rings. The van der Waals surface area contributed by atoms with Crippen LogP contribution in [0.3, 0.4) is 0 Å². The van der Waals surface area contributed by atoms with Crippen molar-refractivity contribution in [1.82, 2.24) is 0 Å². The molecule has 0 radical (unpaired) electrons. The molecule has 1 unspecified atom stereocenters. The number of hydrogen-bond donors (Lipinski definition) is 1. The van der Waals surface area contributed by atoms with Crippen molar-refractivity contribution in [3.05, 3.63) is 28.3 Å². The SMILES string of the molecule is CCCNc1cccc(N2CCCC2C)c1[N+](=O)[O-]. The van der Waals surface area contributed by atoms with Crippen LogP contribution in [0.4, 0.5) is 17.1 Å². The molecule has 1 saturated heterocycles. The molecule has 1 fully saturated rings. The van der Waals surface area contributed by atoms with Gasteiger partial charge in [-0.05, 0) is 38.3 Å². The summed E-state index contributed by atoms with van der Waals surface area (Å²) >= 11 is 0. The average Bonchev–Trinajstić information content (AvgIpc) is 2.81. The number of para-hydroxylation sites is 1. The van der Waals surface area contributed by atoms with Crippen LogP contribution in [0, 0.1) is 10.1 Å². The third kappa shape index (κ3) is 2.80. The van der Waals surface area contributed by atoms with Crippen molar-refractivity contribution in [1.29, 1.82) is 0 Å². The van der Waals surface area contributed by atoms with E-state index in [2.05, 4.69) is 17.1 Å². The molecule has 2 rings (SSSR count). The predicted octanol–water partition coefficient (Wildman–Crippen LogP) is 3.41. The predicted molar refractivity (Wildman–Crippen MR) is 77.9 cm³/mol. The Morgan fingerprint density at radius 2 is 2.32 bits per heavy atom. The molecule has 19 heavy (non-hydrogen) atoms. The maximum absolute atomic E-state index is 11.4. The van der Waals surface area contributed by atoms with Gasteiger partial charge in [-0.3, -0.25) is 10.1 Å². The number of nitrogens with zero attached hydrogens (tertiary/aromatic N) is 2. The first-order chi connectivity index (χ1) is 9.15. The molecule has 1 aliphatic heterocycles. The number of nitrogens with one attached hydrogen (secondary N) is 1. The van der Waals surface area contributed by atoms with Gasteiger partial charge in [0.15, 0.2) is 0 Å². The van der Waals surface area contributed by atoms with Gasteiger partial charge in [-0.25, -0.2) is 0 Å². The summed E-state index contributed by atoms with van der Waals surface area (Å²) in [5.41, 5.74) is 1.59. The number of hydrogen-bond acceptors (Lipinski definition) is 4. The fourth-order valence-electron chi connectivity index (χ4n) is 2.65. The molecule has 5 heteroatoms. The first-order valence-corrected chi connectivity index (χ1v) is 6.93. The number of anilines is 2. The first-order valence-electron chi connectivity index (χ1n) is 6.93. The van der Waals surface area contributed by atoms with E-state index in [0.717, 1.165) is 38.0 Å². The third-order valence-electron chi connectivity index (χ3n) is 3.63. The number of rotatable bonds is 5. The van der Waals surface area contributed by atoms with Crippen LogP contribution in [0.2, 0.25) is 0 Å². The topological polar surface area (TPSA) is 58.4 Å². The molecule has 1 atom stereocenters. The minimum atomic E-state index is -0.266. The highest BCUT2D eigenvalue weighted by atomic mass is 16.6. The molecule has 1 heterocycles. The third-order valence-corrected chi connectivity index (χ3v) is 3.63. The molecular formula is C14H21N3O2. The van der Waals surface area contributed by atoms with Crippen molar-refractivity contribution >= 4 is 17.1 Å². The second-order valence-corrected chi connectivity index (χ2v) is 5.04. The lowest BCUT2D eigenvalue weighted by atomic mass is 10.2. The van der Waals surface area contributed by atoms with E-state index in [1.807, 2.05) is 19.1 Å². The van der Waals surface area contributed by atoms with E-state index in [9.17, 15) is 10.1 Å². The molecule has 0 spiro atoms. The van der Waals surface area contributed by atoms with Crippen LogP contribution in [-0.4, -0.2) is 24.1 Å². The highest BCUT2D eigenvalue weighted by molar-refractivity contribution is 5.77. The lowest BCUT2D eigenvalue weighted by Crippen LogP contribution is -2.27. The quantitative estimate of drug-likeness (QED) is 0.653. The lowest BCUT2D eigenvalue weighted by Gasteiger charge is -2.24. The van der Waals surface area contributed by atoms with E-state index >= 15 is 0 Å². The number of nitro groups is 1. The fourth-order valence-corrected chi connectivity index (χ4v) is 2.65. The molecule has 1 aliphatic rings. The Morgan fingerprint density at radius 3 is 2.89 bits per heavy atom. The van der Waals surface area contributed by atoms with Gasteiger partial charge in [0.2, 0.25) is 0 Å². The van der Waals surface area contributed by atoms with Crippen LogP contribution < -0.4 is 10.2 Å². The average molecular weight is 263 g/mol. The van der Waals surface area contributed by atoms with Crippen LogP contribution in [0.1, 0.15) is 33.1 Å². The summed E-state index contributed by atoms with van der Waals surface area (Å²) in [6, 6.07) is 5.92. The minimum Gasteiger partial charge on any atom is -0.379 e. The monoisotopic (exact) mass is 263 g/mol. The summed E-state index contributed by atoms with van der Waals surface area (Å²) < 4.78 is 0. The van der Waals surface area contributed by atoms with Crippen LogP contribution in [0.25, 0.3) is 0 Å². The zero-order valence-corrected chi connectivity index (χ0v) is 11.6. The lowest BCUT2D eigenvalue weighted by molar-refractivity contribution is -0.383. The van der Waals surface area contributed by atoms with Gasteiger partial charge in [0.1, 0.15) is 11.4 Å². The molecule has 0 bridgehead atoms. The van der Waals surface area contributed by atoms with E-state index < -0.39 is 0 Å². The van der Waals surface area contributed by atoms with Crippen LogP contribution >= 0.6 is 0 Å². The Kier molecular flexibility index (Phi) is 4.24. The highest BCUT2D eigenvalue weighted by Gasteiger charge is 2.29. The molecule has 5 nitrogen and oxygen atoms in total. The van der Waals surface area contributed by atoms with E-state index in [1.54, 1.807) is 6.07 Å². The zero-order chi connectivity index (χ0) is 13.8. The second-order valence-electron chi connectivity index (χ2n) is 5.04. The van der Waals surface area contributed by atoms with Crippen molar-refractivity contribution in [3.63, 3.8) is 0 Å². The zero-order valence-electron chi connectivity index (χ0n) is 11.6. The van der Waals surface area contributed by atoms with Gasteiger partial charge >= 0.3 is 5.69 Å². The van der Waals surface area contributed by atoms with Crippen LogP contribution in [-0.2, 0) is 0 Å². The fraction of sp³-hybridized carbons (Fsp3) is 0.571. The molecule has 0 amide bonds. The summed E-state index contributed by atoms with van der Waals surface area (Å²) in [4.78, 5) is 13.3. The van der Waals surface area contributed by atoms with E-state index in [0.29, 0.717) is 11.7 Å². The Labute approximate surface area is 113 Å². The summed E-state index contributed by atoms with van der Waals surface area (Å²) in [6.07, 6.45) is 3.15. The molecular weight excluding hydrogens is 242 g/mol. The van der Waals surface area contributed by atoms with Gasteiger partial charge < -0.3 is 10.2 Å². The molecule has 0 saturated carbocycles. The van der Waals surface area contributed by atoms with Gasteiger partial charge in [0, 0.05) is 19.1 Å². The van der Waals surface area contributed by atoms with Crippen molar-refractivity contribution in [3.8, 4) is 0 Å². The Balaban J connectivity index is 2.39. The van der Waals surface area contributed by atoms with Gasteiger partial charge in [-0.1, -0.05) is 13.0 Å². The summed E-state index contributed by atoms with van der Waals surface area (Å²) in [6.45, 7) is 5.83. The Hall–Kier alpha value is -1.78. The number of nitro benzene ring substituents is 1. The molecule has 104 valence electrons. The standard InChI is InChI=1S/C14H21N3O2/c1-3-9-15-12-7-4-8-13(14(12)17(18)19)16-10-5-6-11(16)2/h4,7-8,11,15H,3,5-6,9-10H2,1-2H3. The van der Waals surface area contributed by atoms with E-state index in [1.165, 1.54) is 0 Å². The van der Waals surface area contributed by atoms with Crippen molar-refractivity contribution in [2.24, 2.45) is 0 Å². The van der Waals surface area contributed by atoms with Crippen LogP contribution in [0.5, 0.6) is 0 Å². The first kappa shape index (κ1) is 13.6. The number of benzene rings is 1. The Morgan fingerprint density at radius 1 is 1.53 bits per heavy atom. The smallest absolute Gasteiger partial charge is 0.315 e. The summed E-state index contributed by atoms with van der Waals surface area (Å²) in [5.74, 6) is 0. The largest absolute Gasteiger partial charge is 0.379 e. The molecule has 1 N–H and O–H groups in total. The second kappa shape index (κ2) is 5.91. The minimum absolute atomic E-state index is 0.213. The van der Waals surface area contributed by atoms with Crippen LogP contribution in [0.15, 0.2) is 18.2 Å². The maximum Gasteiger partial charge on any atom is 0.315 e. The Bertz CT molecular complexity index is 462.